The predicted molar refractivity (Wildman–Crippen MR) is 117 cm³/mol. The highest BCUT2D eigenvalue weighted by Crippen LogP contribution is 2.33. The van der Waals surface area contributed by atoms with Crippen LogP contribution in [0.4, 0.5) is 5.69 Å². The molecule has 0 unspecified atom stereocenters. The number of nitrogens with one attached hydrogen (secondary N) is 1. The van der Waals surface area contributed by atoms with Gasteiger partial charge in [-0.25, -0.2) is 4.98 Å². The first-order valence-electron chi connectivity index (χ1n) is 9.84. The molecule has 1 N–H and O–H groups in total. The van der Waals surface area contributed by atoms with Gasteiger partial charge in [0.1, 0.15) is 5.52 Å². The van der Waals surface area contributed by atoms with Crippen LogP contribution in [0.5, 0.6) is 11.5 Å². The molecule has 0 atom stereocenters. The van der Waals surface area contributed by atoms with Crippen LogP contribution in [0.3, 0.4) is 0 Å². The zero-order chi connectivity index (χ0) is 20.8. The number of fused-ring (bicyclic) bond motifs is 3. The standard InChI is InChI=1S/C25H16N2O4/c28-24(16-8-10-22-23(12-16)30-14-29-22)26-17-9-11-21-20(13-17)27-25(31-21)19-7-3-5-15-4-1-2-6-18(15)19/h1-13H,14H2,(H,26,28). The van der Waals surface area contributed by atoms with E-state index in [9.17, 15) is 4.79 Å². The van der Waals surface area contributed by atoms with Crippen molar-refractivity contribution in [3.8, 4) is 23.0 Å². The predicted octanol–water partition coefficient (Wildman–Crippen LogP) is 5.63. The molecule has 150 valence electrons. The number of rotatable bonds is 3. The molecule has 0 spiro atoms. The second-order valence-electron chi connectivity index (χ2n) is 7.25. The number of amides is 1. The summed E-state index contributed by atoms with van der Waals surface area (Å²) in [6.07, 6.45) is 0. The van der Waals surface area contributed by atoms with Crippen LogP contribution in [-0.4, -0.2) is 17.7 Å². The molecule has 6 heteroatoms. The molecule has 0 saturated carbocycles. The lowest BCUT2D eigenvalue weighted by molar-refractivity contribution is 0.102. The Hall–Kier alpha value is -4.32. The van der Waals surface area contributed by atoms with Crippen molar-refractivity contribution in [1.82, 2.24) is 4.98 Å². The smallest absolute Gasteiger partial charge is 0.255 e. The maximum Gasteiger partial charge on any atom is 0.255 e. The third-order valence-corrected chi connectivity index (χ3v) is 5.30. The number of oxazole rings is 1. The highest BCUT2D eigenvalue weighted by Gasteiger charge is 2.17. The van der Waals surface area contributed by atoms with Gasteiger partial charge in [0.05, 0.1) is 0 Å². The van der Waals surface area contributed by atoms with E-state index in [-0.39, 0.29) is 12.7 Å². The van der Waals surface area contributed by atoms with E-state index in [1.165, 1.54) is 0 Å². The Bertz CT molecular complexity index is 1470. The van der Waals surface area contributed by atoms with E-state index in [0.717, 1.165) is 16.3 Å². The first-order chi connectivity index (χ1) is 15.2. The molecule has 5 aromatic rings. The van der Waals surface area contributed by atoms with Gasteiger partial charge in [-0.3, -0.25) is 4.79 Å². The summed E-state index contributed by atoms with van der Waals surface area (Å²) in [5.74, 6) is 1.52. The normalized spacial score (nSPS) is 12.4. The van der Waals surface area contributed by atoms with Gasteiger partial charge in [-0.1, -0.05) is 36.4 Å². The second-order valence-corrected chi connectivity index (χ2v) is 7.25. The van der Waals surface area contributed by atoms with Gasteiger partial charge in [-0.15, -0.1) is 0 Å². The molecule has 0 aliphatic carbocycles. The molecule has 1 aromatic heterocycles. The molecule has 31 heavy (non-hydrogen) atoms. The second kappa shape index (κ2) is 6.88. The number of hydrogen-bond donors (Lipinski definition) is 1. The largest absolute Gasteiger partial charge is 0.454 e. The summed E-state index contributed by atoms with van der Waals surface area (Å²) in [6.45, 7) is 0.169. The fraction of sp³-hybridized carbons (Fsp3) is 0.0400. The van der Waals surface area contributed by atoms with Crippen molar-refractivity contribution in [3.05, 3.63) is 84.4 Å². The van der Waals surface area contributed by atoms with E-state index >= 15 is 0 Å². The highest BCUT2D eigenvalue weighted by atomic mass is 16.7. The SMILES string of the molecule is O=C(Nc1ccc2oc(-c3cccc4ccccc34)nc2c1)c1ccc2c(c1)OCO2. The van der Waals surface area contributed by atoms with Crippen LogP contribution in [0.25, 0.3) is 33.3 Å². The Labute approximate surface area is 177 Å². The molecule has 6 nitrogen and oxygen atoms in total. The summed E-state index contributed by atoms with van der Waals surface area (Å²) in [7, 11) is 0. The Morgan fingerprint density at radius 3 is 2.71 bits per heavy atom. The van der Waals surface area contributed by atoms with Crippen LogP contribution in [0.2, 0.25) is 0 Å². The van der Waals surface area contributed by atoms with Gasteiger partial charge in [-0.05, 0) is 53.2 Å². The van der Waals surface area contributed by atoms with Crippen molar-refractivity contribution < 1.29 is 18.7 Å². The summed E-state index contributed by atoms with van der Waals surface area (Å²) >= 11 is 0. The highest BCUT2D eigenvalue weighted by molar-refractivity contribution is 6.05. The molecular formula is C25H16N2O4. The number of aromatic nitrogens is 1. The van der Waals surface area contributed by atoms with Crippen molar-refractivity contribution in [2.45, 2.75) is 0 Å². The van der Waals surface area contributed by atoms with Crippen molar-refractivity contribution in [2.75, 3.05) is 12.1 Å². The van der Waals surface area contributed by atoms with E-state index in [2.05, 4.69) is 28.5 Å². The number of benzene rings is 4. The molecule has 0 fully saturated rings. The fourth-order valence-electron chi connectivity index (χ4n) is 3.77. The molecular weight excluding hydrogens is 392 g/mol. The lowest BCUT2D eigenvalue weighted by Gasteiger charge is -2.05. The van der Waals surface area contributed by atoms with E-state index in [4.69, 9.17) is 13.9 Å². The van der Waals surface area contributed by atoms with Crippen molar-refractivity contribution in [1.29, 1.82) is 0 Å². The molecule has 0 radical (unpaired) electrons. The molecule has 1 amide bonds. The zero-order valence-corrected chi connectivity index (χ0v) is 16.3. The first kappa shape index (κ1) is 17.5. The summed E-state index contributed by atoms with van der Waals surface area (Å²) < 4.78 is 16.6. The van der Waals surface area contributed by atoms with Gasteiger partial charge in [0.25, 0.3) is 5.91 Å². The minimum atomic E-state index is -0.240. The van der Waals surface area contributed by atoms with Gasteiger partial charge in [0.15, 0.2) is 17.1 Å². The number of nitrogens with zero attached hydrogens (tertiary/aromatic N) is 1. The summed E-state index contributed by atoms with van der Waals surface area (Å²) in [5, 5.41) is 5.10. The van der Waals surface area contributed by atoms with E-state index in [1.54, 1.807) is 30.3 Å². The minimum Gasteiger partial charge on any atom is -0.454 e. The van der Waals surface area contributed by atoms with Gasteiger partial charge in [0, 0.05) is 16.8 Å². The number of anilines is 1. The lowest BCUT2D eigenvalue weighted by Crippen LogP contribution is -2.11. The molecule has 1 aliphatic rings. The van der Waals surface area contributed by atoms with E-state index in [1.807, 2.05) is 30.3 Å². The third kappa shape index (κ3) is 3.05. The molecule has 4 aromatic carbocycles. The van der Waals surface area contributed by atoms with E-state index in [0.29, 0.717) is 39.7 Å². The maximum absolute atomic E-state index is 12.7. The van der Waals surface area contributed by atoms with Crippen LogP contribution < -0.4 is 14.8 Å². The number of carbonyl (C=O) groups is 1. The van der Waals surface area contributed by atoms with Crippen LogP contribution in [0.1, 0.15) is 10.4 Å². The van der Waals surface area contributed by atoms with Crippen molar-refractivity contribution >= 4 is 33.5 Å². The quantitative estimate of drug-likeness (QED) is 0.419. The Balaban J connectivity index is 1.32. The van der Waals surface area contributed by atoms with Crippen molar-refractivity contribution in [3.63, 3.8) is 0 Å². The summed E-state index contributed by atoms with van der Waals surface area (Å²) in [5.41, 5.74) is 3.38. The van der Waals surface area contributed by atoms with Gasteiger partial charge < -0.3 is 19.2 Å². The van der Waals surface area contributed by atoms with Gasteiger partial charge in [0.2, 0.25) is 12.7 Å². The van der Waals surface area contributed by atoms with Crippen LogP contribution >= 0.6 is 0 Å². The van der Waals surface area contributed by atoms with E-state index < -0.39 is 0 Å². The maximum atomic E-state index is 12.7. The summed E-state index contributed by atoms with van der Waals surface area (Å²) in [4.78, 5) is 17.3. The van der Waals surface area contributed by atoms with Crippen LogP contribution in [-0.2, 0) is 0 Å². The topological polar surface area (TPSA) is 73.6 Å². The number of carbonyl (C=O) groups excluding carboxylic acids is 1. The van der Waals surface area contributed by atoms with Crippen LogP contribution in [0.15, 0.2) is 83.3 Å². The monoisotopic (exact) mass is 408 g/mol. The molecule has 0 bridgehead atoms. The molecule has 1 aliphatic heterocycles. The molecule has 0 saturated heterocycles. The average Bonchev–Trinajstić information content (AvgIpc) is 3.44. The first-order valence-corrected chi connectivity index (χ1v) is 9.84. The number of hydrogen-bond acceptors (Lipinski definition) is 5. The zero-order valence-electron chi connectivity index (χ0n) is 16.3. The van der Waals surface area contributed by atoms with Gasteiger partial charge in [-0.2, -0.15) is 0 Å². The average molecular weight is 408 g/mol. The summed E-state index contributed by atoms with van der Waals surface area (Å²) in [6, 6.07) is 24.7. The molecule has 2 heterocycles. The van der Waals surface area contributed by atoms with Crippen LogP contribution in [0, 0.1) is 0 Å². The molecule has 6 rings (SSSR count). The fourth-order valence-corrected chi connectivity index (χ4v) is 3.77. The minimum absolute atomic E-state index is 0.169. The Kier molecular flexibility index (Phi) is 3.89. The Morgan fingerprint density at radius 2 is 1.74 bits per heavy atom. The third-order valence-electron chi connectivity index (χ3n) is 5.30. The number of ether oxygens (including phenoxy) is 2. The Morgan fingerprint density at radius 1 is 0.871 bits per heavy atom. The van der Waals surface area contributed by atoms with Crippen molar-refractivity contribution in [2.24, 2.45) is 0 Å². The lowest BCUT2D eigenvalue weighted by atomic mass is 10.0. The van der Waals surface area contributed by atoms with Gasteiger partial charge >= 0.3 is 0 Å².